The van der Waals surface area contributed by atoms with E-state index in [0.29, 0.717) is 12.8 Å². The Morgan fingerprint density at radius 2 is 0.685 bits per heavy atom. The van der Waals surface area contributed by atoms with Gasteiger partial charge in [0.2, 0.25) is 0 Å². The number of hydrogen-bond donors (Lipinski definition) is 1. The van der Waals surface area contributed by atoms with E-state index < -0.39 is 6.10 Å². The van der Waals surface area contributed by atoms with E-state index in [-0.39, 0.29) is 25.2 Å². The van der Waals surface area contributed by atoms with E-state index in [0.717, 1.165) is 38.5 Å². The van der Waals surface area contributed by atoms with E-state index in [1.165, 1.54) is 205 Å². The standard InChI is InChI=1S/C49H94O5/c1-3-5-7-9-11-13-15-16-17-18-19-20-21-22-23-24-25-26-27-28-29-30-31-32-34-36-38-40-42-44-49(52)54-47(45-50)46-53-48(51)43-41-39-37-35-33-14-12-10-8-6-4-2/h18-19,47,50H,3-17,20-46H2,1-2H3/b19-18-. The van der Waals surface area contributed by atoms with Gasteiger partial charge in [-0.1, -0.05) is 231 Å². The van der Waals surface area contributed by atoms with Crippen LogP contribution in [0.5, 0.6) is 0 Å². The van der Waals surface area contributed by atoms with Crippen LogP contribution in [0, 0.1) is 0 Å². The number of allylic oxidation sites excluding steroid dienone is 2. The molecule has 0 heterocycles. The fourth-order valence-electron chi connectivity index (χ4n) is 7.38. The largest absolute Gasteiger partial charge is 0.462 e. The number of aliphatic hydroxyl groups is 1. The van der Waals surface area contributed by atoms with Crippen LogP contribution in [0.3, 0.4) is 0 Å². The monoisotopic (exact) mass is 763 g/mol. The maximum Gasteiger partial charge on any atom is 0.306 e. The summed E-state index contributed by atoms with van der Waals surface area (Å²) in [7, 11) is 0. The minimum atomic E-state index is -0.763. The summed E-state index contributed by atoms with van der Waals surface area (Å²) in [4.78, 5) is 24.3. The Labute approximate surface area is 337 Å². The van der Waals surface area contributed by atoms with Gasteiger partial charge in [-0.3, -0.25) is 9.59 Å². The van der Waals surface area contributed by atoms with Crippen LogP contribution in [0.2, 0.25) is 0 Å². The van der Waals surface area contributed by atoms with Gasteiger partial charge < -0.3 is 14.6 Å². The van der Waals surface area contributed by atoms with Gasteiger partial charge in [-0.2, -0.15) is 0 Å². The average molecular weight is 763 g/mol. The molecule has 1 unspecified atom stereocenters. The molecule has 0 aromatic carbocycles. The van der Waals surface area contributed by atoms with Crippen molar-refractivity contribution in [1.82, 2.24) is 0 Å². The number of ether oxygens (including phenoxy) is 2. The topological polar surface area (TPSA) is 72.8 Å². The van der Waals surface area contributed by atoms with E-state index >= 15 is 0 Å². The van der Waals surface area contributed by atoms with Crippen molar-refractivity contribution >= 4 is 11.9 Å². The first kappa shape index (κ1) is 52.6. The maximum atomic E-state index is 12.2. The summed E-state index contributed by atoms with van der Waals surface area (Å²) in [5, 5.41) is 9.58. The molecule has 1 atom stereocenters. The molecule has 0 fully saturated rings. The summed E-state index contributed by atoms with van der Waals surface area (Å²) in [6, 6.07) is 0. The number of hydrogen-bond acceptors (Lipinski definition) is 5. The van der Waals surface area contributed by atoms with Crippen molar-refractivity contribution in [2.75, 3.05) is 13.2 Å². The van der Waals surface area contributed by atoms with E-state index in [4.69, 9.17) is 9.47 Å². The van der Waals surface area contributed by atoms with Crippen LogP contribution in [0.25, 0.3) is 0 Å². The lowest BCUT2D eigenvalue weighted by Gasteiger charge is -2.15. The van der Waals surface area contributed by atoms with Gasteiger partial charge in [0.1, 0.15) is 6.61 Å². The number of esters is 2. The van der Waals surface area contributed by atoms with Gasteiger partial charge in [-0.25, -0.2) is 0 Å². The summed E-state index contributed by atoms with van der Waals surface area (Å²) in [6.07, 6.45) is 54.6. The Kier molecular flexibility index (Phi) is 44.9. The first-order valence-corrected chi connectivity index (χ1v) is 24.2. The van der Waals surface area contributed by atoms with Crippen LogP contribution in [0.15, 0.2) is 12.2 Å². The zero-order valence-corrected chi connectivity index (χ0v) is 36.5. The molecule has 0 aromatic rings. The molecule has 0 aromatic heterocycles. The highest BCUT2D eigenvalue weighted by molar-refractivity contribution is 5.70. The second kappa shape index (κ2) is 46.0. The van der Waals surface area contributed by atoms with Crippen molar-refractivity contribution in [3.63, 3.8) is 0 Å². The van der Waals surface area contributed by atoms with Crippen LogP contribution in [-0.4, -0.2) is 36.4 Å². The fourth-order valence-corrected chi connectivity index (χ4v) is 7.38. The molecule has 0 radical (unpaired) electrons. The summed E-state index contributed by atoms with van der Waals surface area (Å²) >= 11 is 0. The third-order valence-corrected chi connectivity index (χ3v) is 11.1. The average Bonchev–Trinajstić information content (AvgIpc) is 3.17. The second-order valence-electron chi connectivity index (χ2n) is 16.5. The van der Waals surface area contributed by atoms with Gasteiger partial charge in [-0.15, -0.1) is 0 Å². The van der Waals surface area contributed by atoms with Crippen LogP contribution in [-0.2, 0) is 19.1 Å². The second-order valence-corrected chi connectivity index (χ2v) is 16.5. The van der Waals surface area contributed by atoms with Crippen LogP contribution >= 0.6 is 0 Å². The molecule has 0 saturated carbocycles. The zero-order valence-electron chi connectivity index (χ0n) is 36.5. The van der Waals surface area contributed by atoms with Gasteiger partial charge >= 0.3 is 11.9 Å². The fraction of sp³-hybridized carbons (Fsp3) is 0.918. The molecule has 0 spiro atoms. The van der Waals surface area contributed by atoms with Gasteiger partial charge in [0.05, 0.1) is 6.61 Å². The van der Waals surface area contributed by atoms with Crippen molar-refractivity contribution in [3.05, 3.63) is 12.2 Å². The predicted octanol–water partition coefficient (Wildman–Crippen LogP) is 15.6. The Bertz CT molecular complexity index is 780. The highest BCUT2D eigenvalue weighted by Gasteiger charge is 2.16. The van der Waals surface area contributed by atoms with E-state index in [1.807, 2.05) is 0 Å². The third kappa shape index (κ3) is 43.4. The Morgan fingerprint density at radius 1 is 0.407 bits per heavy atom. The molecule has 0 aliphatic heterocycles. The van der Waals surface area contributed by atoms with Crippen LogP contribution in [0.4, 0.5) is 0 Å². The molecule has 0 bridgehead atoms. The molecule has 0 amide bonds. The van der Waals surface area contributed by atoms with E-state index in [1.54, 1.807) is 0 Å². The SMILES string of the molecule is CCCCCCCCCC/C=C\CCCCCCCCCCCCCCCCCCCC(=O)OC(CO)COC(=O)CCCCCCCCCCCCC. The first-order valence-electron chi connectivity index (χ1n) is 24.2. The Hall–Kier alpha value is -1.36. The highest BCUT2D eigenvalue weighted by atomic mass is 16.6. The number of carbonyl (C=O) groups is 2. The van der Waals surface area contributed by atoms with Crippen molar-refractivity contribution < 1.29 is 24.2 Å². The summed E-state index contributed by atoms with van der Waals surface area (Å²) in [6.45, 7) is 4.16. The molecule has 0 rings (SSSR count). The van der Waals surface area contributed by atoms with Gasteiger partial charge in [0, 0.05) is 12.8 Å². The van der Waals surface area contributed by atoms with Crippen molar-refractivity contribution in [1.29, 1.82) is 0 Å². The van der Waals surface area contributed by atoms with E-state index in [9.17, 15) is 14.7 Å². The van der Waals surface area contributed by atoms with Gasteiger partial charge in [-0.05, 0) is 38.5 Å². The zero-order chi connectivity index (χ0) is 39.3. The molecule has 5 heteroatoms. The highest BCUT2D eigenvalue weighted by Crippen LogP contribution is 2.16. The smallest absolute Gasteiger partial charge is 0.306 e. The lowest BCUT2D eigenvalue weighted by atomic mass is 10.0. The van der Waals surface area contributed by atoms with Crippen molar-refractivity contribution in [2.45, 2.75) is 277 Å². The molecule has 320 valence electrons. The number of aliphatic hydroxyl groups excluding tert-OH is 1. The quantitative estimate of drug-likeness (QED) is 0.0380. The van der Waals surface area contributed by atoms with Crippen molar-refractivity contribution in [3.8, 4) is 0 Å². The molecular weight excluding hydrogens is 669 g/mol. The van der Waals surface area contributed by atoms with Crippen LogP contribution < -0.4 is 0 Å². The summed E-state index contributed by atoms with van der Waals surface area (Å²) in [5.74, 6) is -0.576. The lowest BCUT2D eigenvalue weighted by Crippen LogP contribution is -2.28. The van der Waals surface area contributed by atoms with E-state index in [2.05, 4.69) is 26.0 Å². The molecule has 0 aliphatic carbocycles. The Balaban J connectivity index is 3.40. The predicted molar refractivity (Wildman–Crippen MR) is 233 cm³/mol. The number of rotatable bonds is 45. The maximum absolute atomic E-state index is 12.2. The molecule has 54 heavy (non-hydrogen) atoms. The van der Waals surface area contributed by atoms with Crippen molar-refractivity contribution in [2.24, 2.45) is 0 Å². The minimum Gasteiger partial charge on any atom is -0.462 e. The normalized spacial score (nSPS) is 12.1. The summed E-state index contributed by atoms with van der Waals surface area (Å²) < 4.78 is 10.6. The minimum absolute atomic E-state index is 0.0585. The number of unbranched alkanes of at least 4 members (excludes halogenated alkanes) is 35. The lowest BCUT2D eigenvalue weighted by molar-refractivity contribution is -0.161. The molecule has 5 nitrogen and oxygen atoms in total. The van der Waals surface area contributed by atoms with Gasteiger partial charge in [0.15, 0.2) is 6.10 Å². The molecule has 0 saturated heterocycles. The molecule has 0 aliphatic rings. The molecular formula is C49H94O5. The van der Waals surface area contributed by atoms with Crippen LogP contribution in [0.1, 0.15) is 271 Å². The summed E-state index contributed by atoms with van der Waals surface area (Å²) in [5.41, 5.74) is 0. The van der Waals surface area contributed by atoms with Gasteiger partial charge in [0.25, 0.3) is 0 Å². The number of carbonyl (C=O) groups excluding carboxylic acids is 2. The first-order chi connectivity index (χ1) is 26.6. The third-order valence-electron chi connectivity index (χ3n) is 11.1. The Morgan fingerprint density at radius 3 is 1.00 bits per heavy atom. The molecule has 1 N–H and O–H groups in total.